The minimum Gasteiger partial charge on any atom is -0.368 e. The number of halogens is 4. The molecule has 6 nitrogen and oxygen atoms in total. The van der Waals surface area contributed by atoms with E-state index in [9.17, 15) is 26.0 Å². The number of piperazine rings is 1. The van der Waals surface area contributed by atoms with Gasteiger partial charge in [0.05, 0.1) is 6.04 Å². The van der Waals surface area contributed by atoms with Crippen LogP contribution < -0.4 is 9.80 Å². The normalized spacial score (nSPS) is 18.2. The predicted octanol–water partition coefficient (Wildman–Crippen LogP) is 3.39. The molecule has 0 N–H and O–H groups in total. The summed E-state index contributed by atoms with van der Waals surface area (Å²) in [4.78, 5) is 3.47. The molecule has 1 saturated heterocycles. The highest BCUT2D eigenvalue weighted by Crippen LogP contribution is 2.31. The Kier molecular flexibility index (Phi) is 5.94. The van der Waals surface area contributed by atoms with Gasteiger partial charge < -0.3 is 9.80 Å². The maximum Gasteiger partial charge on any atom is 0.435 e. The van der Waals surface area contributed by atoms with Gasteiger partial charge >= 0.3 is 6.18 Å². The summed E-state index contributed by atoms with van der Waals surface area (Å²) in [5.74, 6) is -0.343. The van der Waals surface area contributed by atoms with Crippen molar-refractivity contribution in [3.05, 3.63) is 41.8 Å². The van der Waals surface area contributed by atoms with Crippen molar-refractivity contribution in [1.29, 1.82) is 0 Å². The van der Waals surface area contributed by atoms with Crippen molar-refractivity contribution in [2.45, 2.75) is 31.0 Å². The quantitative estimate of drug-likeness (QED) is 0.671. The van der Waals surface area contributed by atoms with E-state index in [1.807, 2.05) is 23.6 Å². The number of hydrogen-bond acceptors (Lipinski definition) is 6. The molecule has 2 heterocycles. The molecule has 1 aliphatic rings. The highest BCUT2D eigenvalue weighted by molar-refractivity contribution is 7.90. The lowest BCUT2D eigenvalue weighted by Gasteiger charge is -2.44. The van der Waals surface area contributed by atoms with E-state index in [2.05, 4.69) is 10.2 Å². The smallest absolute Gasteiger partial charge is 0.368 e. The van der Waals surface area contributed by atoms with Gasteiger partial charge in [0.15, 0.2) is 21.3 Å². The zero-order chi connectivity index (χ0) is 22.3. The molecular weight excluding hydrogens is 424 g/mol. The minimum absolute atomic E-state index is 0.114. The fraction of sp³-hybridized carbons (Fsp3) is 0.474. The van der Waals surface area contributed by atoms with Crippen LogP contribution in [0.15, 0.2) is 35.2 Å². The van der Waals surface area contributed by atoms with E-state index in [0.717, 1.165) is 18.4 Å². The summed E-state index contributed by atoms with van der Waals surface area (Å²) in [5, 5.41) is 7.07. The molecule has 2 aromatic rings. The highest BCUT2D eigenvalue weighted by atomic mass is 32.2. The highest BCUT2D eigenvalue weighted by Gasteiger charge is 2.35. The Morgan fingerprint density at radius 2 is 1.80 bits per heavy atom. The topological polar surface area (TPSA) is 66.4 Å². The summed E-state index contributed by atoms with van der Waals surface area (Å²) in [6, 6.07) is 6.07. The Bertz CT molecular complexity index is 1010. The van der Waals surface area contributed by atoms with Crippen LogP contribution in [0.5, 0.6) is 0 Å². The van der Waals surface area contributed by atoms with Crippen molar-refractivity contribution < 1.29 is 26.0 Å². The lowest BCUT2D eigenvalue weighted by Crippen LogP contribution is -2.56. The Labute approximate surface area is 172 Å². The van der Waals surface area contributed by atoms with Crippen molar-refractivity contribution in [2.75, 3.05) is 35.7 Å². The fourth-order valence-corrected chi connectivity index (χ4v) is 4.26. The molecule has 11 heteroatoms. The Hall–Kier alpha value is -2.43. The second-order valence-corrected chi connectivity index (χ2v) is 9.60. The average molecular weight is 446 g/mol. The van der Waals surface area contributed by atoms with Crippen molar-refractivity contribution in [3.63, 3.8) is 0 Å². The molecule has 0 bridgehead atoms. The van der Waals surface area contributed by atoms with E-state index in [1.54, 1.807) is 0 Å². The van der Waals surface area contributed by atoms with Crippen molar-refractivity contribution >= 4 is 21.3 Å². The van der Waals surface area contributed by atoms with Gasteiger partial charge in [-0.2, -0.15) is 13.2 Å². The summed E-state index contributed by atoms with van der Waals surface area (Å²) < 4.78 is 75.9. The second-order valence-electron chi connectivity index (χ2n) is 7.61. The maximum absolute atomic E-state index is 13.9. The zero-order valence-electron chi connectivity index (χ0n) is 16.7. The fourth-order valence-electron chi connectivity index (χ4n) is 3.50. The molecule has 3 rings (SSSR count). The van der Waals surface area contributed by atoms with Crippen LogP contribution >= 0.6 is 0 Å². The molecular formula is C19H22F4N4O2S. The summed E-state index contributed by atoms with van der Waals surface area (Å²) in [7, 11) is -3.72. The predicted molar refractivity (Wildman–Crippen MR) is 105 cm³/mol. The molecule has 0 saturated carbocycles. The molecule has 0 amide bonds. The van der Waals surface area contributed by atoms with Gasteiger partial charge in [-0.1, -0.05) is 13.8 Å². The largest absolute Gasteiger partial charge is 0.435 e. The van der Waals surface area contributed by atoms with Gasteiger partial charge in [0.1, 0.15) is 10.7 Å². The number of nitrogens with zero attached hydrogens (tertiary/aromatic N) is 4. The van der Waals surface area contributed by atoms with Gasteiger partial charge in [0, 0.05) is 31.6 Å². The van der Waals surface area contributed by atoms with Crippen molar-refractivity contribution in [1.82, 2.24) is 10.2 Å². The number of benzene rings is 1. The third-order valence-electron chi connectivity index (χ3n) is 5.10. The van der Waals surface area contributed by atoms with Crippen LogP contribution in [0.2, 0.25) is 0 Å². The summed E-state index contributed by atoms with van der Waals surface area (Å²) in [6.45, 7) is 5.32. The molecule has 1 aromatic carbocycles. The first-order valence-corrected chi connectivity index (χ1v) is 11.2. The first-order chi connectivity index (χ1) is 13.9. The monoisotopic (exact) mass is 446 g/mol. The van der Waals surface area contributed by atoms with E-state index in [1.165, 1.54) is 18.2 Å². The maximum atomic E-state index is 13.9. The molecule has 1 aliphatic heterocycles. The van der Waals surface area contributed by atoms with E-state index in [0.29, 0.717) is 31.1 Å². The van der Waals surface area contributed by atoms with Crippen LogP contribution in [-0.4, -0.2) is 50.5 Å². The molecule has 0 spiro atoms. The van der Waals surface area contributed by atoms with Crippen LogP contribution in [0.3, 0.4) is 0 Å². The molecule has 164 valence electrons. The second kappa shape index (κ2) is 8.01. The van der Waals surface area contributed by atoms with Crippen LogP contribution in [0, 0.1) is 11.7 Å². The third kappa shape index (κ3) is 4.66. The first-order valence-electron chi connectivity index (χ1n) is 9.30. The van der Waals surface area contributed by atoms with Gasteiger partial charge in [-0.05, 0) is 36.2 Å². The van der Waals surface area contributed by atoms with E-state index in [4.69, 9.17) is 0 Å². The van der Waals surface area contributed by atoms with Gasteiger partial charge in [-0.3, -0.25) is 0 Å². The van der Waals surface area contributed by atoms with Gasteiger partial charge in [0.25, 0.3) is 0 Å². The van der Waals surface area contributed by atoms with E-state index < -0.39 is 27.5 Å². The number of hydrogen-bond donors (Lipinski definition) is 0. The SMILES string of the molecule is CC(C)C1CN(c2ccc(F)c(S(C)(=O)=O)c2)CCN1c1ccc(C(F)(F)F)nn1. The Morgan fingerprint density at radius 3 is 2.33 bits per heavy atom. The molecule has 1 aromatic heterocycles. The Balaban J connectivity index is 1.86. The lowest BCUT2D eigenvalue weighted by molar-refractivity contribution is -0.141. The molecule has 1 fully saturated rings. The number of alkyl halides is 3. The molecule has 1 atom stereocenters. The number of aromatic nitrogens is 2. The Morgan fingerprint density at radius 1 is 1.10 bits per heavy atom. The summed E-state index contributed by atoms with van der Waals surface area (Å²) in [5.41, 5.74) is -0.480. The molecule has 0 radical (unpaired) electrons. The standard InChI is InChI=1S/C19H22F4N4O2S/c1-12(2)15-11-26(13-4-5-14(20)16(10-13)30(3,28)29)8-9-27(15)18-7-6-17(24-25-18)19(21,22)23/h4-7,10,12,15H,8-9,11H2,1-3H3. The van der Waals surface area contributed by atoms with Crippen LogP contribution in [0.25, 0.3) is 0 Å². The zero-order valence-corrected chi connectivity index (χ0v) is 17.5. The molecule has 30 heavy (non-hydrogen) atoms. The summed E-state index contributed by atoms with van der Waals surface area (Å²) >= 11 is 0. The van der Waals surface area contributed by atoms with Crippen molar-refractivity contribution in [3.8, 4) is 0 Å². The minimum atomic E-state index is -4.55. The van der Waals surface area contributed by atoms with Crippen LogP contribution in [0.1, 0.15) is 19.5 Å². The third-order valence-corrected chi connectivity index (χ3v) is 6.21. The number of sulfone groups is 1. The van der Waals surface area contributed by atoms with E-state index in [-0.39, 0.29) is 16.9 Å². The average Bonchev–Trinajstić information content (AvgIpc) is 2.66. The van der Waals surface area contributed by atoms with Gasteiger partial charge in [0.2, 0.25) is 0 Å². The summed E-state index contributed by atoms with van der Waals surface area (Å²) in [6.07, 6.45) is -3.60. The van der Waals surface area contributed by atoms with Gasteiger partial charge in [-0.15, -0.1) is 10.2 Å². The van der Waals surface area contributed by atoms with Gasteiger partial charge in [-0.25, -0.2) is 12.8 Å². The van der Waals surface area contributed by atoms with Crippen LogP contribution in [-0.2, 0) is 16.0 Å². The molecule has 0 aliphatic carbocycles. The molecule has 1 unspecified atom stereocenters. The number of rotatable bonds is 4. The first kappa shape index (κ1) is 22.3. The van der Waals surface area contributed by atoms with E-state index >= 15 is 0 Å². The lowest BCUT2D eigenvalue weighted by atomic mass is 9.99. The van der Waals surface area contributed by atoms with Crippen LogP contribution in [0.4, 0.5) is 29.1 Å². The number of anilines is 2. The van der Waals surface area contributed by atoms with Crippen molar-refractivity contribution in [2.24, 2.45) is 5.92 Å².